The van der Waals surface area contributed by atoms with Gasteiger partial charge in [-0.25, -0.2) is 5.43 Å². The van der Waals surface area contributed by atoms with Gasteiger partial charge in [-0.3, -0.25) is 9.59 Å². The number of hydrazone groups is 1. The van der Waals surface area contributed by atoms with E-state index in [0.717, 1.165) is 4.47 Å². The molecule has 0 aliphatic heterocycles. The van der Waals surface area contributed by atoms with Gasteiger partial charge in [0.05, 0.1) is 23.4 Å². The maximum atomic E-state index is 11.9. The molecule has 0 saturated heterocycles. The molecule has 0 bridgehead atoms. The summed E-state index contributed by atoms with van der Waals surface area (Å²) in [5.74, 6) is -0.465. The molecule has 9 heteroatoms. The van der Waals surface area contributed by atoms with Crippen molar-refractivity contribution in [1.82, 2.24) is 5.43 Å². The van der Waals surface area contributed by atoms with E-state index in [4.69, 9.17) is 27.9 Å². The second-order valence-corrected chi connectivity index (χ2v) is 6.76. The highest BCUT2D eigenvalue weighted by molar-refractivity contribution is 9.10. The average molecular weight is 459 g/mol. The summed E-state index contributed by atoms with van der Waals surface area (Å²) in [6.45, 7) is 0. The number of nitrogens with one attached hydrogen (secondary N) is 2. The van der Waals surface area contributed by atoms with Crippen LogP contribution in [0.5, 0.6) is 5.75 Å². The van der Waals surface area contributed by atoms with Crippen molar-refractivity contribution >= 4 is 62.8 Å². The minimum absolute atomic E-state index is 0.307. The number of nitrogens with zero attached hydrogens (tertiary/aromatic N) is 1. The Kier molecular flexibility index (Phi) is 7.44. The van der Waals surface area contributed by atoms with Gasteiger partial charge in [-0.05, 0) is 36.4 Å². The number of carbonyl (C=O) groups excluding carboxylic acids is 2. The maximum Gasteiger partial charge on any atom is 0.249 e. The van der Waals surface area contributed by atoms with Crippen molar-refractivity contribution in [3.63, 3.8) is 0 Å². The molecule has 2 amide bonds. The predicted octanol–water partition coefficient (Wildman–Crippen LogP) is 4.24. The van der Waals surface area contributed by atoms with Crippen LogP contribution in [0.15, 0.2) is 46.0 Å². The Labute approximate surface area is 168 Å². The van der Waals surface area contributed by atoms with Crippen LogP contribution in [0.25, 0.3) is 0 Å². The number of carbonyl (C=O) groups is 2. The Morgan fingerprint density at radius 1 is 1.15 bits per heavy atom. The summed E-state index contributed by atoms with van der Waals surface area (Å²) in [6.07, 6.45) is 1.03. The molecule has 2 aromatic rings. The summed E-state index contributed by atoms with van der Waals surface area (Å²) < 4.78 is 6.04. The summed E-state index contributed by atoms with van der Waals surface area (Å²) in [6, 6.07) is 10.00. The first-order chi connectivity index (χ1) is 12.4. The van der Waals surface area contributed by atoms with Crippen molar-refractivity contribution in [2.24, 2.45) is 5.10 Å². The predicted molar refractivity (Wildman–Crippen MR) is 106 cm³/mol. The highest BCUT2D eigenvalue weighted by Crippen LogP contribution is 2.25. The minimum Gasteiger partial charge on any atom is -0.496 e. The molecule has 26 heavy (non-hydrogen) atoms. The lowest BCUT2D eigenvalue weighted by atomic mass is 10.2. The van der Waals surface area contributed by atoms with E-state index in [2.05, 4.69) is 31.8 Å². The van der Waals surface area contributed by atoms with Gasteiger partial charge in [0.15, 0.2) is 0 Å². The van der Waals surface area contributed by atoms with E-state index in [1.165, 1.54) is 19.4 Å². The fourth-order valence-electron chi connectivity index (χ4n) is 1.94. The number of hydrogen-bond donors (Lipinski definition) is 2. The molecule has 136 valence electrons. The van der Waals surface area contributed by atoms with Gasteiger partial charge in [0.25, 0.3) is 0 Å². The number of ether oxygens (including phenoxy) is 1. The standard InChI is InChI=1S/C17H14BrCl2N3O3/c1-26-15-5-2-11(18)6-10(15)9-21-23-17(25)8-16(24)22-12-3-4-13(19)14(20)7-12/h2-7,9H,8H2,1H3,(H,22,24)(H,23,25). The Morgan fingerprint density at radius 3 is 2.62 bits per heavy atom. The van der Waals surface area contributed by atoms with E-state index < -0.39 is 18.2 Å². The zero-order valence-electron chi connectivity index (χ0n) is 13.6. The van der Waals surface area contributed by atoms with Crippen LogP contribution < -0.4 is 15.5 Å². The Bertz CT molecular complexity index is 859. The van der Waals surface area contributed by atoms with Crippen molar-refractivity contribution in [1.29, 1.82) is 0 Å². The van der Waals surface area contributed by atoms with Crippen molar-refractivity contribution in [3.05, 3.63) is 56.5 Å². The number of halogens is 3. The molecule has 2 rings (SSSR count). The fraction of sp³-hybridized carbons (Fsp3) is 0.118. The Balaban J connectivity index is 1.89. The third kappa shape index (κ3) is 6.01. The average Bonchev–Trinajstić information content (AvgIpc) is 2.58. The summed E-state index contributed by atoms with van der Waals surface area (Å²) in [5.41, 5.74) is 3.40. The third-order valence-electron chi connectivity index (χ3n) is 3.11. The van der Waals surface area contributed by atoms with Gasteiger partial charge < -0.3 is 10.1 Å². The Hall–Kier alpha value is -2.09. The molecule has 2 N–H and O–H groups in total. The normalized spacial score (nSPS) is 10.6. The maximum absolute atomic E-state index is 11.9. The first-order valence-corrected chi connectivity index (χ1v) is 8.84. The summed E-state index contributed by atoms with van der Waals surface area (Å²) in [5, 5.41) is 7.07. The van der Waals surface area contributed by atoms with Gasteiger partial charge in [0, 0.05) is 15.7 Å². The second-order valence-electron chi connectivity index (χ2n) is 5.03. The van der Waals surface area contributed by atoms with Crippen LogP contribution in [0, 0.1) is 0 Å². The van der Waals surface area contributed by atoms with Gasteiger partial charge in [0.1, 0.15) is 12.2 Å². The van der Waals surface area contributed by atoms with Gasteiger partial charge >= 0.3 is 0 Å². The highest BCUT2D eigenvalue weighted by Gasteiger charge is 2.10. The molecule has 0 spiro atoms. The second kappa shape index (κ2) is 9.56. The largest absolute Gasteiger partial charge is 0.496 e. The molecule has 0 heterocycles. The monoisotopic (exact) mass is 457 g/mol. The number of hydrogen-bond acceptors (Lipinski definition) is 4. The third-order valence-corrected chi connectivity index (χ3v) is 4.34. The molecule has 0 aromatic heterocycles. The van der Waals surface area contributed by atoms with Crippen molar-refractivity contribution < 1.29 is 14.3 Å². The topological polar surface area (TPSA) is 79.8 Å². The van der Waals surface area contributed by atoms with Gasteiger partial charge in [-0.1, -0.05) is 39.1 Å². The molecule has 2 aromatic carbocycles. The van der Waals surface area contributed by atoms with Crippen LogP contribution in [0.4, 0.5) is 5.69 Å². The van der Waals surface area contributed by atoms with Gasteiger partial charge in [-0.15, -0.1) is 0 Å². The zero-order chi connectivity index (χ0) is 19.1. The molecule has 6 nitrogen and oxygen atoms in total. The summed E-state index contributed by atoms with van der Waals surface area (Å²) in [7, 11) is 1.53. The van der Waals surface area contributed by atoms with Crippen LogP contribution >= 0.6 is 39.1 Å². The number of anilines is 1. The van der Waals surface area contributed by atoms with Crippen LogP contribution in [0.3, 0.4) is 0 Å². The summed E-state index contributed by atoms with van der Waals surface area (Å²) in [4.78, 5) is 23.7. The minimum atomic E-state index is -0.562. The number of amides is 2. The zero-order valence-corrected chi connectivity index (χ0v) is 16.7. The van der Waals surface area contributed by atoms with Crippen LogP contribution in [0.2, 0.25) is 10.0 Å². The highest BCUT2D eigenvalue weighted by atomic mass is 79.9. The van der Waals surface area contributed by atoms with E-state index >= 15 is 0 Å². The molecular formula is C17H14BrCl2N3O3. The van der Waals surface area contributed by atoms with E-state index in [0.29, 0.717) is 27.0 Å². The van der Waals surface area contributed by atoms with Crippen molar-refractivity contribution in [2.45, 2.75) is 6.42 Å². The fourth-order valence-corrected chi connectivity index (χ4v) is 2.62. The Morgan fingerprint density at radius 2 is 1.92 bits per heavy atom. The van der Waals surface area contributed by atoms with Crippen LogP contribution in [-0.2, 0) is 9.59 Å². The van der Waals surface area contributed by atoms with E-state index in [-0.39, 0.29) is 0 Å². The molecule has 0 fully saturated rings. The lowest BCUT2D eigenvalue weighted by Gasteiger charge is -2.06. The molecule has 0 aliphatic rings. The number of methoxy groups -OCH3 is 1. The SMILES string of the molecule is COc1ccc(Br)cc1C=NNC(=O)CC(=O)Nc1ccc(Cl)c(Cl)c1. The first kappa shape index (κ1) is 20.2. The van der Waals surface area contributed by atoms with Gasteiger partial charge in [-0.2, -0.15) is 5.10 Å². The molecule has 0 unspecified atom stereocenters. The van der Waals surface area contributed by atoms with Crippen molar-refractivity contribution in [3.8, 4) is 5.75 Å². The molecular weight excluding hydrogens is 445 g/mol. The number of benzene rings is 2. The number of rotatable bonds is 6. The molecule has 0 atom stereocenters. The van der Waals surface area contributed by atoms with E-state index in [1.807, 2.05) is 6.07 Å². The van der Waals surface area contributed by atoms with Gasteiger partial charge in [0.2, 0.25) is 11.8 Å². The smallest absolute Gasteiger partial charge is 0.249 e. The lowest BCUT2D eigenvalue weighted by Crippen LogP contribution is -2.24. The van der Waals surface area contributed by atoms with Crippen LogP contribution in [0.1, 0.15) is 12.0 Å². The molecule has 0 aliphatic carbocycles. The van der Waals surface area contributed by atoms with E-state index in [1.54, 1.807) is 24.3 Å². The van der Waals surface area contributed by atoms with Crippen LogP contribution in [-0.4, -0.2) is 25.1 Å². The quantitative estimate of drug-likeness (QED) is 0.386. The molecule has 0 radical (unpaired) electrons. The van der Waals surface area contributed by atoms with E-state index in [9.17, 15) is 9.59 Å². The molecule has 0 saturated carbocycles. The first-order valence-electron chi connectivity index (χ1n) is 7.29. The summed E-state index contributed by atoms with van der Waals surface area (Å²) >= 11 is 15.0. The lowest BCUT2D eigenvalue weighted by molar-refractivity contribution is -0.126. The van der Waals surface area contributed by atoms with Crippen molar-refractivity contribution in [2.75, 3.05) is 12.4 Å².